The number of alkyl carbamates (subject to hydrolysis) is 1. The third kappa shape index (κ3) is 5.09. The van der Waals surface area contributed by atoms with E-state index in [1.807, 2.05) is 32.9 Å². The lowest BCUT2D eigenvalue weighted by Gasteiger charge is -2.33. The Morgan fingerprint density at radius 1 is 1.22 bits per heavy atom. The van der Waals surface area contributed by atoms with Crippen molar-refractivity contribution >= 4 is 11.9 Å². The summed E-state index contributed by atoms with van der Waals surface area (Å²) in [7, 11) is 0. The highest BCUT2D eigenvalue weighted by Crippen LogP contribution is 2.28. The number of nitrogens with one attached hydrogen (secondary N) is 1. The van der Waals surface area contributed by atoms with E-state index in [9.17, 15) is 9.90 Å². The first-order chi connectivity index (χ1) is 12.8. The van der Waals surface area contributed by atoms with Gasteiger partial charge in [0.2, 0.25) is 0 Å². The number of rotatable bonds is 3. The number of nitrogens with zero attached hydrogens (tertiary/aromatic N) is 3. The van der Waals surface area contributed by atoms with Crippen LogP contribution in [0, 0.1) is 0 Å². The quantitative estimate of drug-likeness (QED) is 0.862. The maximum absolute atomic E-state index is 11.9. The lowest BCUT2D eigenvalue weighted by atomic mass is 10.1. The van der Waals surface area contributed by atoms with Crippen LogP contribution in [0.3, 0.4) is 0 Å². The normalized spacial score (nSPS) is 15.4. The lowest BCUT2D eigenvalue weighted by molar-refractivity contribution is 0.0497. The number of ether oxygens (including phenoxy) is 1. The predicted octanol–water partition coefficient (Wildman–Crippen LogP) is 3.34. The molecule has 2 aromatic rings. The molecule has 7 nitrogen and oxygen atoms in total. The lowest BCUT2D eigenvalue weighted by Crippen LogP contribution is -2.46. The Kier molecular flexibility index (Phi) is 5.48. The SMILES string of the molecule is CC(C)(C)OC(=O)NC1CCN(c2cncc(-c3ccccc3O)n2)CC1. The van der Waals surface area contributed by atoms with Crippen LogP contribution in [-0.2, 0) is 4.74 Å². The minimum Gasteiger partial charge on any atom is -0.507 e. The van der Waals surface area contributed by atoms with Crippen LogP contribution in [0.1, 0.15) is 33.6 Å². The van der Waals surface area contributed by atoms with Crippen LogP contribution in [0.15, 0.2) is 36.7 Å². The molecule has 0 unspecified atom stereocenters. The van der Waals surface area contributed by atoms with Crippen molar-refractivity contribution in [3.05, 3.63) is 36.7 Å². The molecule has 1 aliphatic heterocycles. The largest absolute Gasteiger partial charge is 0.507 e. The van der Waals surface area contributed by atoms with E-state index in [2.05, 4.69) is 20.2 Å². The Balaban J connectivity index is 1.61. The van der Waals surface area contributed by atoms with Gasteiger partial charge in [0.05, 0.1) is 18.1 Å². The zero-order valence-electron chi connectivity index (χ0n) is 16.0. The fraction of sp³-hybridized carbons (Fsp3) is 0.450. The zero-order chi connectivity index (χ0) is 19.4. The van der Waals surface area contributed by atoms with E-state index in [0.29, 0.717) is 11.3 Å². The first kappa shape index (κ1) is 18.9. The van der Waals surface area contributed by atoms with Crippen LogP contribution in [0.5, 0.6) is 5.75 Å². The van der Waals surface area contributed by atoms with Crippen molar-refractivity contribution in [3.8, 4) is 17.0 Å². The number of hydrogen-bond donors (Lipinski definition) is 2. The van der Waals surface area contributed by atoms with Crippen molar-refractivity contribution in [2.24, 2.45) is 0 Å². The van der Waals surface area contributed by atoms with Crippen molar-refractivity contribution in [1.82, 2.24) is 15.3 Å². The third-order valence-corrected chi connectivity index (χ3v) is 4.34. The number of anilines is 1. The number of carbonyl (C=O) groups excluding carboxylic acids is 1. The van der Waals surface area contributed by atoms with E-state index in [4.69, 9.17) is 4.74 Å². The van der Waals surface area contributed by atoms with Crippen LogP contribution < -0.4 is 10.2 Å². The fourth-order valence-electron chi connectivity index (χ4n) is 3.06. The fourth-order valence-corrected chi connectivity index (χ4v) is 3.06. The van der Waals surface area contributed by atoms with E-state index >= 15 is 0 Å². The van der Waals surface area contributed by atoms with Gasteiger partial charge in [-0.25, -0.2) is 9.78 Å². The topological polar surface area (TPSA) is 87.6 Å². The summed E-state index contributed by atoms with van der Waals surface area (Å²) in [5.74, 6) is 0.954. The molecule has 27 heavy (non-hydrogen) atoms. The van der Waals surface area contributed by atoms with E-state index in [0.717, 1.165) is 31.7 Å². The minimum absolute atomic E-state index is 0.0883. The van der Waals surface area contributed by atoms with E-state index in [-0.39, 0.29) is 17.9 Å². The number of para-hydroxylation sites is 1. The Hall–Kier alpha value is -2.83. The average Bonchev–Trinajstić information content (AvgIpc) is 2.61. The number of phenolic OH excluding ortho intramolecular Hbond substituents is 1. The van der Waals surface area contributed by atoms with Gasteiger partial charge in [-0.1, -0.05) is 12.1 Å². The Bertz CT molecular complexity index is 796. The molecule has 1 aromatic heterocycles. The molecule has 1 fully saturated rings. The van der Waals surface area contributed by atoms with Gasteiger partial charge in [-0.3, -0.25) is 4.98 Å². The second kappa shape index (κ2) is 7.82. The number of hydrogen-bond acceptors (Lipinski definition) is 6. The first-order valence-corrected chi connectivity index (χ1v) is 9.17. The molecule has 1 aromatic carbocycles. The average molecular weight is 370 g/mol. The molecule has 0 radical (unpaired) electrons. The summed E-state index contributed by atoms with van der Waals surface area (Å²) in [6, 6.07) is 7.18. The van der Waals surface area contributed by atoms with E-state index in [1.54, 1.807) is 24.5 Å². The van der Waals surface area contributed by atoms with Crippen LogP contribution in [-0.4, -0.2) is 45.9 Å². The molecule has 1 amide bonds. The molecular weight excluding hydrogens is 344 g/mol. The smallest absolute Gasteiger partial charge is 0.407 e. The van der Waals surface area contributed by atoms with Gasteiger partial charge in [-0.2, -0.15) is 0 Å². The third-order valence-electron chi connectivity index (χ3n) is 4.34. The second-order valence-corrected chi connectivity index (χ2v) is 7.69. The summed E-state index contributed by atoms with van der Waals surface area (Å²) in [4.78, 5) is 23.0. The standard InChI is InChI=1S/C20H26N4O3/c1-20(2,3)27-19(26)22-14-8-10-24(11-9-14)18-13-21-12-16(23-18)15-6-4-5-7-17(15)25/h4-7,12-14,25H,8-11H2,1-3H3,(H,22,26). The minimum atomic E-state index is -0.496. The molecule has 1 saturated heterocycles. The molecular formula is C20H26N4O3. The van der Waals surface area contributed by atoms with Crippen LogP contribution in [0.25, 0.3) is 11.3 Å². The number of aromatic nitrogens is 2. The highest BCUT2D eigenvalue weighted by molar-refractivity contribution is 5.68. The second-order valence-electron chi connectivity index (χ2n) is 7.69. The molecule has 0 spiro atoms. The monoisotopic (exact) mass is 370 g/mol. The first-order valence-electron chi connectivity index (χ1n) is 9.17. The number of amides is 1. The van der Waals surface area contributed by atoms with Gasteiger partial charge in [-0.15, -0.1) is 0 Å². The maximum atomic E-state index is 11.9. The summed E-state index contributed by atoms with van der Waals surface area (Å²) in [6.45, 7) is 7.08. The van der Waals surface area contributed by atoms with Crippen LogP contribution >= 0.6 is 0 Å². The van der Waals surface area contributed by atoms with Crippen molar-refractivity contribution in [3.63, 3.8) is 0 Å². The van der Waals surface area contributed by atoms with Gasteiger partial charge in [0.15, 0.2) is 0 Å². The molecule has 1 aliphatic rings. The molecule has 7 heteroatoms. The zero-order valence-corrected chi connectivity index (χ0v) is 16.0. The molecule has 0 saturated carbocycles. The summed E-state index contributed by atoms with van der Waals surface area (Å²) in [5, 5.41) is 13.0. The Labute approximate surface area is 159 Å². The van der Waals surface area contributed by atoms with Gasteiger partial charge < -0.3 is 20.1 Å². The van der Waals surface area contributed by atoms with Crippen LogP contribution in [0.2, 0.25) is 0 Å². The van der Waals surface area contributed by atoms with Gasteiger partial charge in [0.1, 0.15) is 17.2 Å². The number of aromatic hydroxyl groups is 1. The summed E-state index contributed by atoms with van der Waals surface area (Å²) in [5.41, 5.74) is 0.803. The summed E-state index contributed by atoms with van der Waals surface area (Å²) >= 11 is 0. The number of phenols is 1. The number of benzene rings is 1. The Morgan fingerprint density at radius 3 is 2.59 bits per heavy atom. The van der Waals surface area contributed by atoms with Crippen molar-refractivity contribution in [2.75, 3.05) is 18.0 Å². The summed E-state index contributed by atoms with van der Waals surface area (Å²) in [6.07, 6.45) is 4.62. The molecule has 0 aliphatic carbocycles. The molecule has 3 rings (SSSR count). The van der Waals surface area contributed by atoms with E-state index in [1.165, 1.54) is 0 Å². The maximum Gasteiger partial charge on any atom is 0.407 e. The molecule has 0 atom stereocenters. The van der Waals surface area contributed by atoms with Gasteiger partial charge >= 0.3 is 6.09 Å². The predicted molar refractivity (Wildman–Crippen MR) is 104 cm³/mol. The Morgan fingerprint density at radius 2 is 1.93 bits per heavy atom. The highest BCUT2D eigenvalue weighted by atomic mass is 16.6. The van der Waals surface area contributed by atoms with Crippen molar-refractivity contribution in [2.45, 2.75) is 45.3 Å². The number of piperidine rings is 1. The van der Waals surface area contributed by atoms with E-state index < -0.39 is 5.60 Å². The van der Waals surface area contributed by atoms with Crippen molar-refractivity contribution < 1.29 is 14.6 Å². The molecule has 144 valence electrons. The van der Waals surface area contributed by atoms with Crippen LogP contribution in [0.4, 0.5) is 10.6 Å². The van der Waals surface area contributed by atoms with Crippen molar-refractivity contribution in [1.29, 1.82) is 0 Å². The summed E-state index contributed by atoms with van der Waals surface area (Å²) < 4.78 is 5.32. The molecule has 0 bridgehead atoms. The van der Waals surface area contributed by atoms with Gasteiger partial charge in [0.25, 0.3) is 0 Å². The highest BCUT2D eigenvalue weighted by Gasteiger charge is 2.24. The number of carbonyl (C=O) groups is 1. The molecule has 2 heterocycles. The molecule has 2 N–H and O–H groups in total. The van der Waals surface area contributed by atoms with Gasteiger partial charge in [0, 0.05) is 24.7 Å². The van der Waals surface area contributed by atoms with Gasteiger partial charge in [-0.05, 0) is 45.7 Å².